The van der Waals surface area contributed by atoms with Crippen molar-refractivity contribution in [3.05, 3.63) is 34.9 Å². The third-order valence-corrected chi connectivity index (χ3v) is 3.37. The Balaban J connectivity index is 2.03. The van der Waals surface area contributed by atoms with Crippen LogP contribution in [0.5, 0.6) is 0 Å². The van der Waals surface area contributed by atoms with Gasteiger partial charge in [0.1, 0.15) is 5.60 Å². The van der Waals surface area contributed by atoms with Gasteiger partial charge in [0.25, 0.3) is 0 Å². The second kappa shape index (κ2) is 6.02. The number of hydrogen-bond donors (Lipinski definition) is 2. The summed E-state index contributed by atoms with van der Waals surface area (Å²) in [5, 5.41) is 7.03. The summed E-state index contributed by atoms with van der Waals surface area (Å²) in [6, 6.07) is 7.79. The molecule has 1 aromatic carbocycles. The molecule has 4 nitrogen and oxygen atoms in total. The van der Waals surface area contributed by atoms with Gasteiger partial charge in [-0.05, 0) is 51.4 Å². The zero-order valence-electron chi connectivity index (χ0n) is 12.1. The second-order valence-corrected chi connectivity index (χ2v) is 6.46. The molecule has 0 aliphatic carbocycles. The molecule has 0 radical (unpaired) electrons. The third kappa shape index (κ3) is 4.12. The molecule has 1 amide bonds. The maximum Gasteiger partial charge on any atom is 0.407 e. The number of carbonyl (C=O) groups excluding carboxylic acids is 1. The molecule has 20 heavy (non-hydrogen) atoms. The molecule has 1 aliphatic heterocycles. The van der Waals surface area contributed by atoms with Crippen molar-refractivity contribution in [1.82, 2.24) is 10.6 Å². The molecule has 110 valence electrons. The quantitative estimate of drug-likeness (QED) is 0.880. The van der Waals surface area contributed by atoms with Gasteiger partial charge in [-0.2, -0.15) is 0 Å². The van der Waals surface area contributed by atoms with Crippen LogP contribution in [0, 0.1) is 0 Å². The third-order valence-electron chi connectivity index (χ3n) is 3.13. The van der Waals surface area contributed by atoms with Gasteiger partial charge >= 0.3 is 6.09 Å². The Morgan fingerprint density at radius 3 is 2.85 bits per heavy atom. The zero-order valence-corrected chi connectivity index (χ0v) is 12.8. The lowest BCUT2D eigenvalue weighted by Gasteiger charge is -2.25. The van der Waals surface area contributed by atoms with Crippen LogP contribution in [0.15, 0.2) is 24.3 Å². The van der Waals surface area contributed by atoms with Crippen LogP contribution >= 0.6 is 11.6 Å². The number of benzene rings is 1. The summed E-state index contributed by atoms with van der Waals surface area (Å²) < 4.78 is 5.30. The Morgan fingerprint density at radius 2 is 2.20 bits per heavy atom. The minimum Gasteiger partial charge on any atom is -0.444 e. The Bertz CT molecular complexity index is 485. The van der Waals surface area contributed by atoms with E-state index in [1.54, 1.807) is 0 Å². The van der Waals surface area contributed by atoms with Crippen LogP contribution in [0.3, 0.4) is 0 Å². The lowest BCUT2D eigenvalue weighted by molar-refractivity contribution is 0.0500. The van der Waals surface area contributed by atoms with E-state index in [0.29, 0.717) is 5.02 Å². The normalized spacial score (nSPS) is 22.6. The fraction of sp³-hybridized carbons (Fsp3) is 0.533. The summed E-state index contributed by atoms with van der Waals surface area (Å²) in [4.78, 5) is 11.9. The molecular weight excluding hydrogens is 276 g/mol. The van der Waals surface area contributed by atoms with Crippen LogP contribution in [0.2, 0.25) is 5.02 Å². The van der Waals surface area contributed by atoms with Gasteiger partial charge in [0.05, 0.1) is 12.1 Å². The first-order valence-electron chi connectivity index (χ1n) is 6.83. The number of carbonyl (C=O) groups is 1. The van der Waals surface area contributed by atoms with E-state index in [1.165, 1.54) is 0 Å². The number of ether oxygens (including phenoxy) is 1. The molecule has 1 saturated heterocycles. The van der Waals surface area contributed by atoms with Gasteiger partial charge in [-0.3, -0.25) is 0 Å². The van der Waals surface area contributed by atoms with E-state index >= 15 is 0 Å². The second-order valence-electron chi connectivity index (χ2n) is 6.03. The average Bonchev–Trinajstić information content (AvgIpc) is 2.74. The summed E-state index contributed by atoms with van der Waals surface area (Å²) in [5.41, 5.74) is 0.595. The predicted molar refractivity (Wildman–Crippen MR) is 80.0 cm³/mol. The highest BCUT2D eigenvalue weighted by atomic mass is 35.5. The SMILES string of the molecule is CC(C)(C)OC(=O)NC1CCNC1c1cccc(Cl)c1. The van der Waals surface area contributed by atoms with Crippen LogP contribution in [0.25, 0.3) is 0 Å². The van der Waals surface area contributed by atoms with Crippen molar-refractivity contribution < 1.29 is 9.53 Å². The first kappa shape index (κ1) is 15.1. The number of halogens is 1. The van der Waals surface area contributed by atoms with Gasteiger partial charge in [0, 0.05) is 5.02 Å². The lowest BCUT2D eigenvalue weighted by Crippen LogP contribution is -2.41. The van der Waals surface area contributed by atoms with Crippen molar-refractivity contribution in [3.8, 4) is 0 Å². The number of alkyl carbamates (subject to hydrolysis) is 1. The highest BCUT2D eigenvalue weighted by Gasteiger charge is 2.30. The van der Waals surface area contributed by atoms with Gasteiger partial charge in [-0.15, -0.1) is 0 Å². The van der Waals surface area contributed by atoms with Crippen LogP contribution in [0.4, 0.5) is 4.79 Å². The van der Waals surface area contributed by atoms with E-state index in [2.05, 4.69) is 10.6 Å². The van der Waals surface area contributed by atoms with Gasteiger partial charge in [0.2, 0.25) is 0 Å². The fourth-order valence-corrected chi connectivity index (χ4v) is 2.57. The highest BCUT2D eigenvalue weighted by molar-refractivity contribution is 6.30. The molecule has 1 fully saturated rings. The van der Waals surface area contributed by atoms with Crippen LogP contribution in [-0.4, -0.2) is 24.3 Å². The Kier molecular flexibility index (Phi) is 4.55. The van der Waals surface area contributed by atoms with E-state index < -0.39 is 5.60 Å². The molecule has 0 aromatic heterocycles. The molecule has 2 N–H and O–H groups in total. The van der Waals surface area contributed by atoms with Gasteiger partial charge in [0.15, 0.2) is 0 Å². The largest absolute Gasteiger partial charge is 0.444 e. The minimum absolute atomic E-state index is 0.0170. The molecule has 2 unspecified atom stereocenters. The van der Waals surface area contributed by atoms with Crippen molar-refractivity contribution in [2.24, 2.45) is 0 Å². The van der Waals surface area contributed by atoms with Crippen molar-refractivity contribution in [2.75, 3.05) is 6.54 Å². The van der Waals surface area contributed by atoms with Gasteiger partial charge in [-0.1, -0.05) is 23.7 Å². The van der Waals surface area contributed by atoms with Gasteiger partial charge in [-0.25, -0.2) is 4.79 Å². The van der Waals surface area contributed by atoms with Crippen molar-refractivity contribution in [3.63, 3.8) is 0 Å². The first-order chi connectivity index (χ1) is 9.35. The van der Waals surface area contributed by atoms with Crippen molar-refractivity contribution in [1.29, 1.82) is 0 Å². The van der Waals surface area contributed by atoms with E-state index in [9.17, 15) is 4.79 Å². The summed E-state index contributed by atoms with van der Waals surface area (Å²) in [5.74, 6) is 0. The van der Waals surface area contributed by atoms with Crippen LogP contribution in [-0.2, 0) is 4.74 Å². The van der Waals surface area contributed by atoms with E-state index in [4.69, 9.17) is 16.3 Å². The van der Waals surface area contributed by atoms with Gasteiger partial charge < -0.3 is 15.4 Å². The number of nitrogens with one attached hydrogen (secondary N) is 2. The Hall–Kier alpha value is -1.26. The smallest absolute Gasteiger partial charge is 0.407 e. The zero-order chi connectivity index (χ0) is 14.8. The lowest BCUT2D eigenvalue weighted by atomic mass is 10.0. The molecule has 0 saturated carbocycles. The Labute approximate surface area is 124 Å². The summed E-state index contributed by atoms with van der Waals surface area (Å²) in [7, 11) is 0. The fourth-order valence-electron chi connectivity index (χ4n) is 2.37. The molecule has 1 aromatic rings. The number of rotatable bonds is 2. The molecule has 0 spiro atoms. The standard InChI is InChI=1S/C15H21ClN2O2/c1-15(2,3)20-14(19)18-12-7-8-17-13(12)10-5-4-6-11(16)9-10/h4-6,9,12-13,17H,7-8H2,1-3H3,(H,18,19). The first-order valence-corrected chi connectivity index (χ1v) is 7.21. The molecule has 0 bridgehead atoms. The van der Waals surface area contributed by atoms with Crippen LogP contribution < -0.4 is 10.6 Å². The van der Waals surface area contributed by atoms with Crippen LogP contribution in [0.1, 0.15) is 38.8 Å². The number of hydrogen-bond acceptors (Lipinski definition) is 3. The Morgan fingerprint density at radius 1 is 1.45 bits per heavy atom. The van der Waals surface area contributed by atoms with Crippen molar-refractivity contribution in [2.45, 2.75) is 44.9 Å². The average molecular weight is 297 g/mol. The molecule has 1 aliphatic rings. The maximum absolute atomic E-state index is 11.9. The molecule has 1 heterocycles. The van der Waals surface area contributed by atoms with Crippen molar-refractivity contribution >= 4 is 17.7 Å². The monoisotopic (exact) mass is 296 g/mol. The topological polar surface area (TPSA) is 50.4 Å². The summed E-state index contributed by atoms with van der Waals surface area (Å²) in [6.45, 7) is 6.42. The highest BCUT2D eigenvalue weighted by Crippen LogP contribution is 2.26. The molecule has 5 heteroatoms. The number of amides is 1. The molecule has 2 rings (SSSR count). The van der Waals surface area contributed by atoms with E-state index in [0.717, 1.165) is 18.5 Å². The minimum atomic E-state index is -0.484. The van der Waals surface area contributed by atoms with E-state index in [1.807, 2.05) is 45.0 Å². The molecule has 2 atom stereocenters. The molecular formula is C15H21ClN2O2. The predicted octanol–water partition coefficient (Wildman–Crippen LogP) is 3.27. The maximum atomic E-state index is 11.9. The summed E-state index contributed by atoms with van der Waals surface area (Å²) >= 11 is 6.02. The summed E-state index contributed by atoms with van der Waals surface area (Å²) in [6.07, 6.45) is 0.495. The van der Waals surface area contributed by atoms with E-state index in [-0.39, 0.29) is 18.2 Å².